The normalized spacial score (nSPS) is 12.1. The van der Waals surface area contributed by atoms with Crippen LogP contribution >= 0.6 is 0 Å². The van der Waals surface area contributed by atoms with E-state index in [9.17, 15) is 15.0 Å². The van der Waals surface area contributed by atoms with Crippen molar-refractivity contribution < 1.29 is 4.92 Å². The van der Waals surface area contributed by atoms with E-state index in [1.54, 1.807) is 19.1 Å². The smallest absolute Gasteiger partial charge is 0.269 e. The molecule has 0 amide bonds. The van der Waals surface area contributed by atoms with Crippen molar-refractivity contribution in [2.75, 3.05) is 5.73 Å². The minimum absolute atomic E-state index is 0.117. The van der Waals surface area contributed by atoms with Gasteiger partial charge in [0.15, 0.2) is 0 Å². The molecule has 0 saturated carbocycles. The molecule has 1 atom stereocenters. The van der Waals surface area contributed by atoms with E-state index in [2.05, 4.69) is 10.3 Å². The Bertz CT molecular complexity index is 637. The third-order valence-electron chi connectivity index (χ3n) is 2.60. The van der Waals surface area contributed by atoms with E-state index < -0.39 is 11.1 Å². The van der Waals surface area contributed by atoms with Gasteiger partial charge in [-0.3, -0.25) is 10.1 Å². The summed E-state index contributed by atoms with van der Waals surface area (Å²) in [5, 5.41) is 17.7. The zero-order chi connectivity index (χ0) is 14.0. The zero-order valence-electron chi connectivity index (χ0n) is 10.1. The van der Waals surface area contributed by atoms with Crippen LogP contribution in [-0.2, 0) is 0 Å². The molecule has 0 aliphatic heterocycles. The fraction of sp³-hybridized carbons (Fsp3) is 0.182. The maximum atomic E-state index is 11.0. The third kappa shape index (κ3) is 2.41. The summed E-state index contributed by atoms with van der Waals surface area (Å²) in [6.07, 6.45) is -1.02. The molecule has 2 N–H and O–H groups in total. The van der Waals surface area contributed by atoms with Crippen LogP contribution in [0.5, 0.6) is 0 Å². The van der Waals surface area contributed by atoms with Gasteiger partial charge in [-0.05, 0) is 12.1 Å². The molecule has 1 unspecified atom stereocenters. The van der Waals surface area contributed by atoms with Gasteiger partial charge in [0.2, 0.25) is 6.17 Å². The Balaban J connectivity index is 2.48. The highest BCUT2D eigenvalue weighted by Gasteiger charge is 2.20. The number of hydrogen-bond acceptors (Lipinski definition) is 6. The molecule has 0 saturated heterocycles. The van der Waals surface area contributed by atoms with Crippen LogP contribution in [0.25, 0.3) is 0 Å². The lowest BCUT2D eigenvalue weighted by Gasteiger charge is -2.11. The number of nitrogens with zero attached hydrogens (tertiary/aromatic N) is 4. The van der Waals surface area contributed by atoms with Crippen molar-refractivity contribution in [1.82, 2.24) is 9.78 Å². The highest BCUT2D eigenvalue weighted by atomic mass is 16.6. The first-order valence-corrected chi connectivity index (χ1v) is 5.41. The van der Waals surface area contributed by atoms with Gasteiger partial charge in [0, 0.05) is 23.8 Å². The minimum atomic E-state index is -1.02. The van der Waals surface area contributed by atoms with Gasteiger partial charge in [-0.25, -0.2) is 4.68 Å². The number of nitrogen functional groups attached to an aromatic ring is 1. The second-order valence-corrected chi connectivity index (χ2v) is 3.99. The molecule has 8 heteroatoms. The van der Waals surface area contributed by atoms with Crippen molar-refractivity contribution in [1.29, 1.82) is 0 Å². The number of nitro benzene ring substituents is 1. The van der Waals surface area contributed by atoms with Gasteiger partial charge < -0.3 is 5.73 Å². The number of benzene rings is 1. The molecule has 0 radical (unpaired) electrons. The lowest BCUT2D eigenvalue weighted by atomic mass is 10.1. The summed E-state index contributed by atoms with van der Waals surface area (Å²) in [5.41, 5.74) is 6.60. The van der Waals surface area contributed by atoms with E-state index >= 15 is 0 Å². The Morgan fingerprint density at radius 2 is 2.21 bits per heavy atom. The van der Waals surface area contributed by atoms with Crippen LogP contribution in [0.1, 0.15) is 17.4 Å². The molecule has 0 fully saturated rings. The molecular formula is C11H11N5O3. The number of nitro groups is 1. The molecular weight excluding hydrogens is 250 g/mol. The van der Waals surface area contributed by atoms with Crippen molar-refractivity contribution in [2.45, 2.75) is 13.1 Å². The van der Waals surface area contributed by atoms with Crippen molar-refractivity contribution in [2.24, 2.45) is 5.18 Å². The quantitative estimate of drug-likeness (QED) is 0.513. The second-order valence-electron chi connectivity index (χ2n) is 3.99. The lowest BCUT2D eigenvalue weighted by molar-refractivity contribution is -0.384. The van der Waals surface area contributed by atoms with E-state index in [4.69, 9.17) is 5.73 Å². The highest BCUT2D eigenvalue weighted by Crippen LogP contribution is 2.25. The number of nitroso groups, excluding NO2 is 1. The highest BCUT2D eigenvalue weighted by molar-refractivity contribution is 5.38. The van der Waals surface area contributed by atoms with E-state index in [-0.39, 0.29) is 11.5 Å². The molecule has 1 aromatic heterocycles. The number of non-ortho nitro benzene ring substituents is 1. The summed E-state index contributed by atoms with van der Waals surface area (Å²) in [4.78, 5) is 21.2. The fourth-order valence-corrected chi connectivity index (χ4v) is 1.78. The molecule has 2 aromatic rings. The SMILES string of the molecule is Cc1cc(N)n(C(N=O)c2cccc([N+](=O)[O-])c2)n1. The van der Waals surface area contributed by atoms with Gasteiger partial charge in [0.1, 0.15) is 5.82 Å². The van der Waals surface area contributed by atoms with E-state index in [0.29, 0.717) is 11.3 Å². The monoisotopic (exact) mass is 261 g/mol. The van der Waals surface area contributed by atoms with Gasteiger partial charge in [0.25, 0.3) is 5.69 Å². The topological polar surface area (TPSA) is 116 Å². The average Bonchev–Trinajstić information content (AvgIpc) is 2.70. The molecule has 0 bridgehead atoms. The lowest BCUT2D eigenvalue weighted by Crippen LogP contribution is -2.12. The van der Waals surface area contributed by atoms with Crippen LogP contribution in [0.3, 0.4) is 0 Å². The number of anilines is 1. The van der Waals surface area contributed by atoms with Crippen LogP contribution in [-0.4, -0.2) is 14.7 Å². The molecule has 8 nitrogen and oxygen atoms in total. The number of hydrogen-bond donors (Lipinski definition) is 1. The fourth-order valence-electron chi connectivity index (χ4n) is 1.78. The molecule has 98 valence electrons. The van der Waals surface area contributed by atoms with Crippen molar-refractivity contribution in [3.8, 4) is 0 Å². The summed E-state index contributed by atoms with van der Waals surface area (Å²) in [5.74, 6) is 0.272. The Hall–Kier alpha value is -2.77. The molecule has 1 heterocycles. The molecule has 0 aliphatic carbocycles. The Labute approximate surface area is 108 Å². The zero-order valence-corrected chi connectivity index (χ0v) is 10.1. The molecule has 19 heavy (non-hydrogen) atoms. The van der Waals surface area contributed by atoms with Crippen LogP contribution in [0.4, 0.5) is 11.5 Å². The van der Waals surface area contributed by atoms with Crippen LogP contribution < -0.4 is 5.73 Å². The summed E-state index contributed by atoms with van der Waals surface area (Å²) in [7, 11) is 0. The number of aryl methyl sites for hydroxylation is 1. The standard InChI is InChI=1S/C11H11N5O3/c1-7-5-10(12)15(13-7)11(14-17)8-3-2-4-9(6-8)16(18)19/h2-6,11H,12H2,1H3. The number of rotatable bonds is 4. The first-order valence-electron chi connectivity index (χ1n) is 5.41. The van der Waals surface area contributed by atoms with Gasteiger partial charge in [-0.15, -0.1) is 4.91 Å². The van der Waals surface area contributed by atoms with Crippen molar-refractivity contribution in [3.63, 3.8) is 0 Å². The predicted octanol–water partition coefficient (Wildman–Crippen LogP) is 2.00. The summed E-state index contributed by atoms with van der Waals surface area (Å²) in [6.45, 7) is 1.72. The average molecular weight is 261 g/mol. The molecule has 0 aliphatic rings. The largest absolute Gasteiger partial charge is 0.384 e. The number of aromatic nitrogens is 2. The minimum Gasteiger partial charge on any atom is -0.384 e. The van der Waals surface area contributed by atoms with E-state index in [1.807, 2.05) is 0 Å². The second kappa shape index (κ2) is 4.84. The first-order chi connectivity index (χ1) is 9.02. The van der Waals surface area contributed by atoms with Crippen LogP contribution in [0.15, 0.2) is 35.5 Å². The van der Waals surface area contributed by atoms with Gasteiger partial charge >= 0.3 is 0 Å². The maximum absolute atomic E-state index is 11.0. The molecule has 2 rings (SSSR count). The van der Waals surface area contributed by atoms with Crippen molar-refractivity contribution >= 4 is 11.5 Å². The molecule has 0 spiro atoms. The van der Waals surface area contributed by atoms with Crippen LogP contribution in [0, 0.1) is 21.9 Å². The van der Waals surface area contributed by atoms with E-state index in [0.717, 1.165) is 0 Å². The van der Waals surface area contributed by atoms with Gasteiger partial charge in [-0.1, -0.05) is 12.1 Å². The first kappa shape index (κ1) is 12.7. The Morgan fingerprint density at radius 1 is 1.47 bits per heavy atom. The van der Waals surface area contributed by atoms with Gasteiger partial charge in [-0.2, -0.15) is 5.10 Å². The Kier molecular flexibility index (Phi) is 3.23. The predicted molar refractivity (Wildman–Crippen MR) is 68.4 cm³/mol. The Morgan fingerprint density at radius 3 is 2.74 bits per heavy atom. The summed E-state index contributed by atoms with van der Waals surface area (Å²) in [6, 6.07) is 7.26. The number of nitrogens with two attached hydrogens (primary N) is 1. The van der Waals surface area contributed by atoms with Gasteiger partial charge in [0.05, 0.1) is 10.6 Å². The summed E-state index contributed by atoms with van der Waals surface area (Å²) < 4.78 is 1.24. The van der Waals surface area contributed by atoms with Crippen LogP contribution in [0.2, 0.25) is 0 Å². The van der Waals surface area contributed by atoms with E-state index in [1.165, 1.54) is 22.9 Å². The van der Waals surface area contributed by atoms with Crippen molar-refractivity contribution in [3.05, 3.63) is 56.6 Å². The molecule has 1 aromatic carbocycles. The third-order valence-corrected chi connectivity index (χ3v) is 2.60. The summed E-state index contributed by atoms with van der Waals surface area (Å²) >= 11 is 0. The maximum Gasteiger partial charge on any atom is 0.269 e.